The summed E-state index contributed by atoms with van der Waals surface area (Å²) in [5.41, 5.74) is 1.68. The smallest absolute Gasteiger partial charge is 0.269 e. The van der Waals surface area contributed by atoms with Gasteiger partial charge in [-0.1, -0.05) is 33.6 Å². The molecule has 5 nitrogen and oxygen atoms in total. The topological polar surface area (TPSA) is 69.4 Å². The standard InChI is InChI=1S/C16H16BrNO4S/c1-11-3-6-13(7-4-11)23(21)10-16(22-2)14-9-12(18(19)20)5-8-15(14)17/h3-9,16H,10H2,1-2H3/t16-,23+/m0/s1. The Morgan fingerprint density at radius 1 is 1.26 bits per heavy atom. The molecule has 0 saturated carbocycles. The number of nitro benzene ring substituents is 1. The number of halogens is 1. The van der Waals surface area contributed by atoms with E-state index >= 15 is 0 Å². The molecular formula is C16H16BrNO4S. The molecule has 0 spiro atoms. The van der Waals surface area contributed by atoms with Crippen molar-refractivity contribution >= 4 is 32.4 Å². The lowest BCUT2D eigenvalue weighted by atomic mass is 10.1. The summed E-state index contributed by atoms with van der Waals surface area (Å²) in [7, 11) is 0.239. The lowest BCUT2D eigenvalue weighted by molar-refractivity contribution is -0.385. The molecule has 23 heavy (non-hydrogen) atoms. The summed E-state index contributed by atoms with van der Waals surface area (Å²) in [4.78, 5) is 11.2. The van der Waals surface area contributed by atoms with Crippen LogP contribution in [0.25, 0.3) is 0 Å². The molecule has 7 heteroatoms. The summed E-state index contributed by atoms with van der Waals surface area (Å²) in [6.07, 6.45) is -0.508. The van der Waals surface area contributed by atoms with Crippen molar-refractivity contribution in [2.24, 2.45) is 0 Å². The minimum absolute atomic E-state index is 0.0219. The number of nitro groups is 1. The average Bonchev–Trinajstić information content (AvgIpc) is 2.53. The second-order valence-corrected chi connectivity index (χ2v) is 7.36. The van der Waals surface area contributed by atoms with Gasteiger partial charge in [-0.05, 0) is 25.1 Å². The molecule has 0 amide bonds. The first-order chi connectivity index (χ1) is 10.9. The molecule has 122 valence electrons. The number of aryl methyl sites for hydroxylation is 1. The van der Waals surface area contributed by atoms with Gasteiger partial charge in [-0.25, -0.2) is 0 Å². The van der Waals surface area contributed by atoms with Crippen molar-refractivity contribution in [3.05, 3.63) is 68.2 Å². The number of hydrogen-bond donors (Lipinski definition) is 0. The molecule has 0 aliphatic carbocycles. The fraction of sp³-hybridized carbons (Fsp3) is 0.250. The predicted molar refractivity (Wildman–Crippen MR) is 93.0 cm³/mol. The summed E-state index contributed by atoms with van der Waals surface area (Å²) >= 11 is 3.38. The van der Waals surface area contributed by atoms with Crippen LogP contribution in [0.4, 0.5) is 5.69 Å². The van der Waals surface area contributed by atoms with Gasteiger partial charge in [-0.3, -0.25) is 14.3 Å². The van der Waals surface area contributed by atoms with E-state index < -0.39 is 21.8 Å². The molecule has 0 fully saturated rings. The van der Waals surface area contributed by atoms with E-state index in [0.29, 0.717) is 14.9 Å². The van der Waals surface area contributed by atoms with Crippen molar-refractivity contribution in [3.63, 3.8) is 0 Å². The number of benzene rings is 2. The molecule has 0 aliphatic rings. The van der Waals surface area contributed by atoms with Crippen molar-refractivity contribution in [1.82, 2.24) is 0 Å². The van der Waals surface area contributed by atoms with Crippen LogP contribution in [-0.2, 0) is 15.5 Å². The van der Waals surface area contributed by atoms with Crippen LogP contribution in [-0.4, -0.2) is 22.0 Å². The van der Waals surface area contributed by atoms with E-state index in [1.807, 2.05) is 31.2 Å². The van der Waals surface area contributed by atoms with Crippen molar-refractivity contribution in [2.75, 3.05) is 12.9 Å². The first-order valence-electron chi connectivity index (χ1n) is 6.84. The Hall–Kier alpha value is -1.57. The molecule has 0 saturated heterocycles. The highest BCUT2D eigenvalue weighted by Crippen LogP contribution is 2.30. The lowest BCUT2D eigenvalue weighted by Crippen LogP contribution is -2.13. The summed E-state index contributed by atoms with van der Waals surface area (Å²) < 4.78 is 18.6. The maximum Gasteiger partial charge on any atom is 0.269 e. The lowest BCUT2D eigenvalue weighted by Gasteiger charge is -2.17. The molecule has 2 aromatic rings. The third-order valence-corrected chi connectivity index (χ3v) is 5.53. The first kappa shape index (κ1) is 17.8. The zero-order valence-corrected chi connectivity index (χ0v) is 15.1. The number of nitrogens with zero attached hydrogens (tertiary/aromatic N) is 1. The average molecular weight is 398 g/mol. The van der Waals surface area contributed by atoms with Crippen LogP contribution < -0.4 is 0 Å². The largest absolute Gasteiger partial charge is 0.376 e. The minimum Gasteiger partial charge on any atom is -0.376 e. The third-order valence-electron chi connectivity index (χ3n) is 3.41. The second kappa shape index (κ2) is 7.81. The van der Waals surface area contributed by atoms with E-state index in [4.69, 9.17) is 4.74 Å². The van der Waals surface area contributed by atoms with Crippen LogP contribution in [0.3, 0.4) is 0 Å². The van der Waals surface area contributed by atoms with Crippen molar-refractivity contribution in [2.45, 2.75) is 17.9 Å². The zero-order valence-electron chi connectivity index (χ0n) is 12.7. The third kappa shape index (κ3) is 4.46. The van der Waals surface area contributed by atoms with Gasteiger partial charge in [-0.2, -0.15) is 0 Å². The van der Waals surface area contributed by atoms with Crippen molar-refractivity contribution in [3.8, 4) is 0 Å². The fourth-order valence-electron chi connectivity index (χ4n) is 2.10. The van der Waals surface area contributed by atoms with Gasteiger partial charge in [0.25, 0.3) is 5.69 Å². The Balaban J connectivity index is 2.26. The summed E-state index contributed by atoms with van der Waals surface area (Å²) in [5.74, 6) is 0.222. The highest BCUT2D eigenvalue weighted by atomic mass is 79.9. The van der Waals surface area contributed by atoms with Gasteiger partial charge >= 0.3 is 0 Å². The molecule has 2 aromatic carbocycles. The van der Waals surface area contributed by atoms with E-state index in [1.165, 1.54) is 19.2 Å². The van der Waals surface area contributed by atoms with Gasteiger partial charge < -0.3 is 4.74 Å². The molecule has 0 aliphatic heterocycles. The molecule has 0 heterocycles. The Morgan fingerprint density at radius 3 is 2.48 bits per heavy atom. The van der Waals surface area contributed by atoms with Crippen LogP contribution in [0.5, 0.6) is 0 Å². The molecule has 2 atom stereocenters. The Labute approximate surface area is 145 Å². The van der Waals surface area contributed by atoms with E-state index in [-0.39, 0.29) is 11.4 Å². The van der Waals surface area contributed by atoms with Gasteiger partial charge in [0, 0.05) is 34.2 Å². The van der Waals surface area contributed by atoms with Crippen molar-refractivity contribution < 1.29 is 13.9 Å². The maximum atomic E-state index is 12.5. The highest BCUT2D eigenvalue weighted by molar-refractivity contribution is 9.10. The monoisotopic (exact) mass is 397 g/mol. The van der Waals surface area contributed by atoms with Gasteiger partial charge in [0.05, 0.1) is 27.6 Å². The Bertz CT molecular complexity index is 733. The van der Waals surface area contributed by atoms with Gasteiger partial charge in [0.1, 0.15) is 0 Å². The quantitative estimate of drug-likeness (QED) is 0.541. The first-order valence-corrected chi connectivity index (χ1v) is 8.95. The molecule has 0 aromatic heterocycles. The summed E-state index contributed by atoms with van der Waals surface area (Å²) in [6.45, 7) is 1.96. The maximum absolute atomic E-state index is 12.5. The van der Waals surface area contributed by atoms with Gasteiger partial charge in [0.2, 0.25) is 0 Å². The zero-order chi connectivity index (χ0) is 17.0. The van der Waals surface area contributed by atoms with E-state index in [2.05, 4.69) is 15.9 Å². The van der Waals surface area contributed by atoms with Crippen LogP contribution in [0, 0.1) is 17.0 Å². The highest BCUT2D eigenvalue weighted by Gasteiger charge is 2.21. The number of ether oxygens (including phenoxy) is 1. The number of non-ortho nitro benzene ring substituents is 1. The van der Waals surface area contributed by atoms with Gasteiger partial charge in [-0.15, -0.1) is 0 Å². The van der Waals surface area contributed by atoms with Crippen LogP contribution >= 0.6 is 15.9 Å². The summed E-state index contributed by atoms with van der Waals surface area (Å²) in [5, 5.41) is 10.9. The fourth-order valence-corrected chi connectivity index (χ4v) is 3.82. The van der Waals surface area contributed by atoms with E-state index in [9.17, 15) is 14.3 Å². The van der Waals surface area contributed by atoms with Gasteiger partial charge in [0.15, 0.2) is 0 Å². The molecule has 2 rings (SSSR count). The van der Waals surface area contributed by atoms with E-state index in [1.54, 1.807) is 6.07 Å². The normalized spacial score (nSPS) is 13.5. The summed E-state index contributed by atoms with van der Waals surface area (Å²) in [6, 6.07) is 11.9. The van der Waals surface area contributed by atoms with Crippen LogP contribution in [0.15, 0.2) is 51.8 Å². The minimum atomic E-state index is -1.26. The molecule has 0 bridgehead atoms. The predicted octanol–water partition coefficient (Wildman–Crippen LogP) is 4.16. The molecule has 0 N–H and O–H groups in total. The molecule has 0 unspecified atom stereocenters. The number of rotatable bonds is 6. The van der Waals surface area contributed by atoms with Crippen molar-refractivity contribution in [1.29, 1.82) is 0 Å². The van der Waals surface area contributed by atoms with E-state index in [0.717, 1.165) is 5.56 Å². The number of methoxy groups -OCH3 is 1. The number of hydrogen-bond acceptors (Lipinski definition) is 4. The van der Waals surface area contributed by atoms with Crippen LogP contribution in [0.1, 0.15) is 17.2 Å². The Kier molecular flexibility index (Phi) is 6.04. The Morgan fingerprint density at radius 2 is 1.91 bits per heavy atom. The SMILES string of the molecule is CO[C@@H](C[S@@](=O)c1ccc(C)cc1)c1cc([N+](=O)[O-])ccc1Br. The van der Waals surface area contributed by atoms with Crippen LogP contribution in [0.2, 0.25) is 0 Å². The second-order valence-electron chi connectivity index (χ2n) is 5.01. The molecular weight excluding hydrogens is 382 g/mol. The molecule has 0 radical (unpaired) electrons.